The second-order valence-corrected chi connectivity index (χ2v) is 2.61. The van der Waals surface area contributed by atoms with E-state index in [9.17, 15) is 5.11 Å². The van der Waals surface area contributed by atoms with E-state index >= 15 is 0 Å². The van der Waals surface area contributed by atoms with Crippen molar-refractivity contribution in [1.29, 1.82) is 0 Å². The summed E-state index contributed by atoms with van der Waals surface area (Å²) in [5, 5.41) is 9.44. The molecule has 0 fully saturated rings. The quantitative estimate of drug-likeness (QED) is 0.627. The molecule has 1 unspecified atom stereocenters. The van der Waals surface area contributed by atoms with Crippen molar-refractivity contribution in [1.82, 2.24) is 0 Å². The van der Waals surface area contributed by atoms with Crippen LogP contribution in [-0.4, -0.2) is 18.3 Å². The Kier molecular flexibility index (Phi) is 1.98. The summed E-state index contributed by atoms with van der Waals surface area (Å²) in [5.41, 5.74) is 0.704. The second-order valence-electron chi connectivity index (χ2n) is 2.61. The molecule has 0 radical (unpaired) electrons. The molecule has 0 saturated heterocycles. The second kappa shape index (κ2) is 3.13. The summed E-state index contributed by atoms with van der Waals surface area (Å²) in [7, 11) is 0. The molecular formula is C9H10O3. The molecule has 3 nitrogen and oxygen atoms in total. The fraction of sp³-hybridized carbons (Fsp3) is 0.333. The molecule has 1 aromatic carbocycles. The molecule has 1 heterocycles. The maximum Gasteiger partial charge on any atom is 0.184 e. The van der Waals surface area contributed by atoms with Gasteiger partial charge < -0.3 is 14.6 Å². The van der Waals surface area contributed by atoms with Gasteiger partial charge in [0.25, 0.3) is 0 Å². The first-order valence-corrected chi connectivity index (χ1v) is 3.89. The van der Waals surface area contributed by atoms with Crippen molar-refractivity contribution in [3.8, 4) is 5.75 Å². The molecular weight excluding hydrogens is 156 g/mol. The molecule has 12 heavy (non-hydrogen) atoms. The smallest absolute Gasteiger partial charge is 0.184 e. The van der Waals surface area contributed by atoms with Crippen LogP contribution in [0.5, 0.6) is 5.75 Å². The van der Waals surface area contributed by atoms with E-state index in [-0.39, 0.29) is 0 Å². The molecule has 3 heteroatoms. The van der Waals surface area contributed by atoms with Crippen molar-refractivity contribution >= 4 is 0 Å². The molecule has 1 aliphatic rings. The molecule has 64 valence electrons. The maximum atomic E-state index is 9.44. The van der Waals surface area contributed by atoms with Gasteiger partial charge in [0.15, 0.2) is 6.29 Å². The van der Waals surface area contributed by atoms with Crippen LogP contribution in [0.4, 0.5) is 0 Å². The number of fused-ring (bicyclic) bond motifs is 1. The number of para-hydroxylation sites is 1. The van der Waals surface area contributed by atoms with Gasteiger partial charge in [-0.1, -0.05) is 18.2 Å². The number of aliphatic hydroxyl groups is 1. The lowest BCUT2D eigenvalue weighted by Crippen LogP contribution is -2.04. The van der Waals surface area contributed by atoms with Crippen LogP contribution in [0.2, 0.25) is 0 Å². The van der Waals surface area contributed by atoms with Crippen molar-refractivity contribution in [3.63, 3.8) is 0 Å². The number of rotatable bonds is 0. The molecule has 0 spiro atoms. The minimum Gasteiger partial charge on any atom is -0.491 e. The highest BCUT2D eigenvalue weighted by molar-refractivity contribution is 5.34. The summed E-state index contributed by atoms with van der Waals surface area (Å²) in [6, 6.07) is 7.34. The molecule has 0 bridgehead atoms. The van der Waals surface area contributed by atoms with E-state index in [4.69, 9.17) is 9.47 Å². The molecule has 0 amide bonds. The summed E-state index contributed by atoms with van der Waals surface area (Å²) in [5.74, 6) is 0.711. The number of benzene rings is 1. The molecule has 1 N–H and O–H groups in total. The predicted octanol–water partition coefficient (Wildman–Crippen LogP) is 1.09. The lowest BCUT2D eigenvalue weighted by Gasteiger charge is -2.08. The summed E-state index contributed by atoms with van der Waals surface area (Å²) >= 11 is 0. The van der Waals surface area contributed by atoms with Gasteiger partial charge in [0.05, 0.1) is 6.61 Å². The third-order valence-electron chi connectivity index (χ3n) is 1.80. The zero-order valence-corrected chi connectivity index (χ0v) is 6.56. The minimum atomic E-state index is -0.844. The van der Waals surface area contributed by atoms with Gasteiger partial charge in [0.2, 0.25) is 0 Å². The minimum absolute atomic E-state index is 0.426. The molecule has 0 aromatic heterocycles. The van der Waals surface area contributed by atoms with Crippen LogP contribution in [0.15, 0.2) is 24.3 Å². The fourth-order valence-corrected chi connectivity index (χ4v) is 1.22. The summed E-state index contributed by atoms with van der Waals surface area (Å²) < 4.78 is 10.4. The number of aliphatic hydroxyl groups excluding tert-OH is 1. The lowest BCUT2D eigenvalue weighted by atomic mass is 10.2. The third-order valence-corrected chi connectivity index (χ3v) is 1.80. The summed E-state index contributed by atoms with van der Waals surface area (Å²) in [6.45, 7) is 0.921. The lowest BCUT2D eigenvalue weighted by molar-refractivity contribution is -0.100. The van der Waals surface area contributed by atoms with E-state index in [0.717, 1.165) is 0 Å². The average Bonchev–Trinajstić information content (AvgIpc) is 2.29. The van der Waals surface area contributed by atoms with Crippen LogP contribution >= 0.6 is 0 Å². The van der Waals surface area contributed by atoms with Gasteiger partial charge in [-0.2, -0.15) is 0 Å². The van der Waals surface area contributed by atoms with Gasteiger partial charge >= 0.3 is 0 Å². The SMILES string of the molecule is OC1OCCOc2ccccc21. The molecule has 1 atom stereocenters. The Hall–Kier alpha value is -1.06. The average molecular weight is 166 g/mol. The largest absolute Gasteiger partial charge is 0.491 e. The predicted molar refractivity (Wildman–Crippen MR) is 42.8 cm³/mol. The van der Waals surface area contributed by atoms with E-state index in [1.165, 1.54) is 0 Å². The Bertz CT molecular complexity index is 272. The van der Waals surface area contributed by atoms with Crippen LogP contribution in [0.25, 0.3) is 0 Å². The van der Waals surface area contributed by atoms with Crippen molar-refractivity contribution in [3.05, 3.63) is 29.8 Å². The van der Waals surface area contributed by atoms with Crippen molar-refractivity contribution in [2.75, 3.05) is 13.2 Å². The van der Waals surface area contributed by atoms with Gasteiger partial charge in [-0.15, -0.1) is 0 Å². The van der Waals surface area contributed by atoms with Crippen LogP contribution in [0, 0.1) is 0 Å². The van der Waals surface area contributed by atoms with Gasteiger partial charge in [-0.25, -0.2) is 0 Å². The molecule has 2 rings (SSSR count). The first-order valence-electron chi connectivity index (χ1n) is 3.89. The van der Waals surface area contributed by atoms with E-state index in [2.05, 4.69) is 0 Å². The van der Waals surface area contributed by atoms with Gasteiger partial charge in [-0.05, 0) is 6.07 Å². The highest BCUT2D eigenvalue weighted by atomic mass is 16.6. The number of hydrogen-bond donors (Lipinski definition) is 1. The normalized spacial score (nSPS) is 22.2. The molecule has 0 saturated carbocycles. The van der Waals surface area contributed by atoms with Crippen LogP contribution in [0.3, 0.4) is 0 Å². The fourth-order valence-electron chi connectivity index (χ4n) is 1.22. The molecule has 1 aromatic rings. The Morgan fingerprint density at radius 1 is 1.25 bits per heavy atom. The molecule has 1 aliphatic heterocycles. The van der Waals surface area contributed by atoms with E-state index in [1.54, 1.807) is 6.07 Å². The van der Waals surface area contributed by atoms with E-state index in [1.807, 2.05) is 18.2 Å². The zero-order valence-electron chi connectivity index (χ0n) is 6.56. The first kappa shape index (κ1) is 7.58. The highest BCUT2D eigenvalue weighted by Gasteiger charge is 2.16. The molecule has 0 aliphatic carbocycles. The summed E-state index contributed by atoms with van der Waals surface area (Å²) in [6.07, 6.45) is -0.844. The standard InChI is InChI=1S/C9H10O3/c10-9-7-3-1-2-4-8(7)11-5-6-12-9/h1-4,9-10H,5-6H2. The van der Waals surface area contributed by atoms with Crippen molar-refractivity contribution < 1.29 is 14.6 Å². The van der Waals surface area contributed by atoms with Crippen LogP contribution < -0.4 is 4.74 Å². The Balaban J connectivity index is 2.39. The van der Waals surface area contributed by atoms with Gasteiger partial charge in [0.1, 0.15) is 12.4 Å². The Morgan fingerprint density at radius 2 is 2.08 bits per heavy atom. The van der Waals surface area contributed by atoms with Crippen LogP contribution in [0.1, 0.15) is 11.9 Å². The zero-order chi connectivity index (χ0) is 8.39. The summed E-state index contributed by atoms with van der Waals surface area (Å²) in [4.78, 5) is 0. The van der Waals surface area contributed by atoms with Gasteiger partial charge in [0, 0.05) is 5.56 Å². The van der Waals surface area contributed by atoms with E-state index in [0.29, 0.717) is 24.5 Å². The van der Waals surface area contributed by atoms with E-state index < -0.39 is 6.29 Å². The monoisotopic (exact) mass is 166 g/mol. The highest BCUT2D eigenvalue weighted by Crippen LogP contribution is 2.27. The third kappa shape index (κ3) is 1.29. The van der Waals surface area contributed by atoms with Crippen molar-refractivity contribution in [2.24, 2.45) is 0 Å². The Labute approximate surface area is 70.5 Å². The maximum absolute atomic E-state index is 9.44. The van der Waals surface area contributed by atoms with Crippen LogP contribution in [-0.2, 0) is 4.74 Å². The first-order chi connectivity index (χ1) is 5.88. The van der Waals surface area contributed by atoms with Crippen molar-refractivity contribution in [2.45, 2.75) is 6.29 Å². The topological polar surface area (TPSA) is 38.7 Å². The van der Waals surface area contributed by atoms with Gasteiger partial charge in [-0.3, -0.25) is 0 Å². The number of hydrogen-bond acceptors (Lipinski definition) is 3. The number of ether oxygens (including phenoxy) is 2. The Morgan fingerprint density at radius 3 is 3.00 bits per heavy atom.